The molecule has 41 heavy (non-hydrogen) atoms. The molecule has 0 saturated heterocycles. The molecule has 0 bridgehead atoms. The second-order valence-electron chi connectivity index (χ2n) is 10.9. The minimum Gasteiger partial charge on any atom is -0.456 e. The molecule has 0 aliphatic heterocycles. The monoisotopic (exact) mass is 520 g/mol. The largest absolute Gasteiger partial charge is 0.456 e. The fraction of sp³-hybridized carbons (Fsp3) is 0. The van der Waals surface area contributed by atoms with E-state index < -0.39 is 0 Å². The number of fused-ring (bicyclic) bond motifs is 10. The summed E-state index contributed by atoms with van der Waals surface area (Å²) in [5.41, 5.74) is 6.69. The summed E-state index contributed by atoms with van der Waals surface area (Å²) in [6.45, 7) is 0. The van der Waals surface area contributed by atoms with Crippen LogP contribution in [0.15, 0.2) is 150 Å². The molecule has 1 aromatic heterocycles. The lowest BCUT2D eigenvalue weighted by Crippen LogP contribution is -1.85. The fourth-order valence-electron chi connectivity index (χ4n) is 6.58. The molecule has 0 N–H and O–H groups in total. The highest BCUT2D eigenvalue weighted by molar-refractivity contribution is 6.25. The lowest BCUT2D eigenvalue weighted by atomic mass is 9.92. The van der Waals surface area contributed by atoms with E-state index >= 15 is 0 Å². The fourth-order valence-corrected chi connectivity index (χ4v) is 6.58. The zero-order chi connectivity index (χ0) is 26.9. The SMILES string of the molecule is c1ccc2cc3c(cc2c1)oc1ccc(-c2ccc(-c4ccc5c6ccccc6c6ccccc6c5c4)cc2)cc13. The number of hydrogen-bond acceptors (Lipinski definition) is 1. The van der Waals surface area contributed by atoms with Crippen LogP contribution in [-0.4, -0.2) is 0 Å². The highest BCUT2D eigenvalue weighted by atomic mass is 16.3. The van der Waals surface area contributed by atoms with Crippen molar-refractivity contribution in [2.24, 2.45) is 0 Å². The summed E-state index contributed by atoms with van der Waals surface area (Å²) < 4.78 is 6.22. The second kappa shape index (κ2) is 8.55. The van der Waals surface area contributed by atoms with Crippen LogP contribution in [0.25, 0.3) is 87.3 Å². The van der Waals surface area contributed by atoms with Gasteiger partial charge in [-0.15, -0.1) is 0 Å². The smallest absolute Gasteiger partial charge is 0.136 e. The topological polar surface area (TPSA) is 13.1 Å². The van der Waals surface area contributed by atoms with Gasteiger partial charge in [-0.3, -0.25) is 0 Å². The Labute approximate surface area is 236 Å². The van der Waals surface area contributed by atoms with Crippen LogP contribution in [0.5, 0.6) is 0 Å². The number of hydrogen-bond donors (Lipinski definition) is 0. The minimum atomic E-state index is 0.923. The van der Waals surface area contributed by atoms with E-state index in [4.69, 9.17) is 4.42 Å². The first-order valence-corrected chi connectivity index (χ1v) is 14.1. The number of benzene rings is 8. The maximum absolute atomic E-state index is 6.22. The van der Waals surface area contributed by atoms with Crippen molar-refractivity contribution < 1.29 is 4.42 Å². The van der Waals surface area contributed by atoms with Gasteiger partial charge >= 0.3 is 0 Å². The molecular formula is C40H24O. The maximum Gasteiger partial charge on any atom is 0.136 e. The summed E-state index contributed by atoms with van der Waals surface area (Å²) in [6.07, 6.45) is 0. The van der Waals surface area contributed by atoms with E-state index in [1.807, 2.05) is 0 Å². The first kappa shape index (κ1) is 22.4. The van der Waals surface area contributed by atoms with Crippen molar-refractivity contribution >= 4 is 65.0 Å². The van der Waals surface area contributed by atoms with Gasteiger partial charge in [-0.25, -0.2) is 0 Å². The average molecular weight is 521 g/mol. The van der Waals surface area contributed by atoms with E-state index in [1.54, 1.807) is 0 Å². The van der Waals surface area contributed by atoms with Gasteiger partial charge in [0, 0.05) is 10.8 Å². The molecule has 8 aromatic carbocycles. The van der Waals surface area contributed by atoms with Gasteiger partial charge in [0.2, 0.25) is 0 Å². The second-order valence-corrected chi connectivity index (χ2v) is 10.9. The molecule has 1 heteroatoms. The maximum atomic E-state index is 6.22. The summed E-state index contributed by atoms with van der Waals surface area (Å²) in [7, 11) is 0. The van der Waals surface area contributed by atoms with Gasteiger partial charge in [0.05, 0.1) is 0 Å². The molecule has 9 rings (SSSR count). The molecule has 0 saturated carbocycles. The van der Waals surface area contributed by atoms with Gasteiger partial charge in [-0.1, -0.05) is 115 Å². The van der Waals surface area contributed by atoms with Gasteiger partial charge in [-0.2, -0.15) is 0 Å². The summed E-state index contributed by atoms with van der Waals surface area (Å²) in [4.78, 5) is 0. The molecule has 190 valence electrons. The van der Waals surface area contributed by atoms with Crippen LogP contribution >= 0.6 is 0 Å². The first-order valence-electron chi connectivity index (χ1n) is 14.1. The van der Waals surface area contributed by atoms with Crippen LogP contribution < -0.4 is 0 Å². The number of furan rings is 1. The Morgan fingerprint density at radius 3 is 1.34 bits per heavy atom. The molecular weight excluding hydrogens is 496 g/mol. The molecule has 1 nitrogen and oxygen atoms in total. The van der Waals surface area contributed by atoms with Crippen molar-refractivity contribution in [3.63, 3.8) is 0 Å². The lowest BCUT2D eigenvalue weighted by molar-refractivity contribution is 0.669. The van der Waals surface area contributed by atoms with E-state index in [0.29, 0.717) is 0 Å². The summed E-state index contributed by atoms with van der Waals surface area (Å²) in [5.74, 6) is 0. The van der Waals surface area contributed by atoms with Crippen molar-refractivity contribution in [1.29, 1.82) is 0 Å². The Morgan fingerprint density at radius 1 is 0.268 bits per heavy atom. The molecule has 0 atom stereocenters. The standard InChI is InChI=1S/C40H24O/c1-2-8-28-24-40-38(22-27(28)7-1)37-23-30(18-20-39(37)41-40)26-15-13-25(14-16-26)29-17-19-35-33-11-4-3-9-31(33)32-10-5-6-12-34(32)36(35)21-29/h1-24H. The Bertz CT molecular complexity index is 2420. The van der Waals surface area contributed by atoms with E-state index in [-0.39, 0.29) is 0 Å². The summed E-state index contributed by atoms with van der Waals surface area (Å²) in [6, 6.07) is 52.7. The molecule has 0 unspecified atom stereocenters. The third kappa shape index (κ3) is 3.43. The highest BCUT2D eigenvalue weighted by Crippen LogP contribution is 2.38. The Kier molecular flexibility index (Phi) is 4.67. The van der Waals surface area contributed by atoms with E-state index in [9.17, 15) is 0 Å². The van der Waals surface area contributed by atoms with Gasteiger partial charge in [0.15, 0.2) is 0 Å². The molecule has 1 heterocycles. The molecule has 9 aromatic rings. The van der Waals surface area contributed by atoms with Crippen molar-refractivity contribution in [2.45, 2.75) is 0 Å². The summed E-state index contributed by atoms with van der Waals surface area (Å²) >= 11 is 0. The van der Waals surface area contributed by atoms with Crippen molar-refractivity contribution in [3.8, 4) is 22.3 Å². The highest BCUT2D eigenvalue weighted by Gasteiger charge is 2.12. The van der Waals surface area contributed by atoms with E-state index in [2.05, 4.69) is 146 Å². The van der Waals surface area contributed by atoms with Crippen molar-refractivity contribution in [2.75, 3.05) is 0 Å². The molecule has 0 spiro atoms. The third-order valence-corrected chi connectivity index (χ3v) is 8.63. The van der Waals surface area contributed by atoms with Crippen LogP contribution in [0.1, 0.15) is 0 Å². The van der Waals surface area contributed by atoms with Gasteiger partial charge in [0.25, 0.3) is 0 Å². The third-order valence-electron chi connectivity index (χ3n) is 8.63. The van der Waals surface area contributed by atoms with Crippen LogP contribution in [-0.2, 0) is 0 Å². The first-order chi connectivity index (χ1) is 20.3. The molecule has 0 radical (unpaired) electrons. The molecule has 0 amide bonds. The van der Waals surface area contributed by atoms with Crippen LogP contribution in [0.4, 0.5) is 0 Å². The average Bonchev–Trinajstić information content (AvgIpc) is 3.40. The van der Waals surface area contributed by atoms with Gasteiger partial charge in [0.1, 0.15) is 11.2 Å². The predicted octanol–water partition coefficient (Wildman–Crippen LogP) is 11.5. The van der Waals surface area contributed by atoms with Crippen molar-refractivity contribution in [3.05, 3.63) is 146 Å². The number of rotatable bonds is 2. The normalized spacial score (nSPS) is 11.9. The van der Waals surface area contributed by atoms with Crippen LogP contribution in [0.3, 0.4) is 0 Å². The lowest BCUT2D eigenvalue weighted by Gasteiger charge is -2.12. The zero-order valence-electron chi connectivity index (χ0n) is 22.3. The Balaban J connectivity index is 1.15. The Hall–Kier alpha value is -5.40. The van der Waals surface area contributed by atoms with Crippen molar-refractivity contribution in [1.82, 2.24) is 0 Å². The minimum absolute atomic E-state index is 0.923. The van der Waals surface area contributed by atoms with E-state index in [1.165, 1.54) is 65.3 Å². The van der Waals surface area contributed by atoms with Crippen LogP contribution in [0.2, 0.25) is 0 Å². The molecule has 0 aliphatic carbocycles. The molecule has 0 aliphatic rings. The quantitative estimate of drug-likeness (QED) is 0.207. The molecule has 0 fully saturated rings. The summed E-state index contributed by atoms with van der Waals surface area (Å²) in [5, 5.41) is 12.6. The van der Waals surface area contributed by atoms with E-state index in [0.717, 1.165) is 21.9 Å². The van der Waals surface area contributed by atoms with Crippen LogP contribution in [0, 0.1) is 0 Å². The predicted molar refractivity (Wildman–Crippen MR) is 175 cm³/mol. The Morgan fingerprint density at radius 2 is 0.707 bits per heavy atom. The van der Waals surface area contributed by atoms with Gasteiger partial charge in [-0.05, 0) is 95.7 Å². The zero-order valence-corrected chi connectivity index (χ0v) is 22.3. The van der Waals surface area contributed by atoms with Gasteiger partial charge < -0.3 is 4.42 Å².